The Labute approximate surface area is 214 Å². The van der Waals surface area contributed by atoms with Gasteiger partial charge in [0.15, 0.2) is 0 Å². The Morgan fingerprint density at radius 1 is 1.03 bits per heavy atom. The standard InChI is InChI=1S/C26H36ClN3O4S/c1-6-24(26(32)28-19(2)3)29(18-21-11-9-20(4)10-12-21)25(31)8-7-17-30(35(5,33)34)23-15-13-22(27)14-16-23/h9-16,19,24H,6-8,17-18H2,1-5H3,(H,28,32)/t24-/m1/s1. The number of hydrogen-bond acceptors (Lipinski definition) is 4. The van der Waals surface area contributed by atoms with E-state index in [1.807, 2.05) is 52.0 Å². The number of amides is 2. The molecule has 192 valence electrons. The molecule has 0 aromatic heterocycles. The van der Waals surface area contributed by atoms with Gasteiger partial charge in [-0.25, -0.2) is 8.42 Å². The van der Waals surface area contributed by atoms with Crippen molar-refractivity contribution >= 4 is 39.1 Å². The van der Waals surface area contributed by atoms with Gasteiger partial charge in [-0.15, -0.1) is 0 Å². The maximum atomic E-state index is 13.4. The first-order chi connectivity index (χ1) is 16.4. The average molecular weight is 522 g/mol. The predicted octanol–water partition coefficient (Wildman–Crippen LogP) is 4.53. The minimum atomic E-state index is -3.55. The van der Waals surface area contributed by atoms with Crippen molar-refractivity contribution in [2.75, 3.05) is 17.1 Å². The Kier molecular flexibility index (Phi) is 10.6. The third kappa shape index (κ3) is 8.85. The number of anilines is 1. The number of carbonyl (C=O) groups excluding carboxylic acids is 2. The number of halogens is 1. The molecule has 7 nitrogen and oxygen atoms in total. The van der Waals surface area contributed by atoms with Gasteiger partial charge in [0.2, 0.25) is 21.8 Å². The van der Waals surface area contributed by atoms with E-state index in [0.717, 1.165) is 17.4 Å². The van der Waals surface area contributed by atoms with Crippen molar-refractivity contribution in [1.29, 1.82) is 0 Å². The first-order valence-electron chi connectivity index (χ1n) is 11.8. The fourth-order valence-corrected chi connectivity index (χ4v) is 4.89. The van der Waals surface area contributed by atoms with Gasteiger partial charge < -0.3 is 10.2 Å². The fraction of sp³-hybridized carbons (Fsp3) is 0.462. The molecule has 9 heteroatoms. The largest absolute Gasteiger partial charge is 0.352 e. The third-order valence-electron chi connectivity index (χ3n) is 5.56. The van der Waals surface area contributed by atoms with Crippen molar-refractivity contribution in [2.45, 2.75) is 65.6 Å². The van der Waals surface area contributed by atoms with Crippen molar-refractivity contribution in [3.05, 3.63) is 64.7 Å². The highest BCUT2D eigenvalue weighted by atomic mass is 35.5. The smallest absolute Gasteiger partial charge is 0.243 e. The molecule has 0 unspecified atom stereocenters. The van der Waals surface area contributed by atoms with Crippen molar-refractivity contribution in [2.24, 2.45) is 0 Å². The van der Waals surface area contributed by atoms with Gasteiger partial charge in [-0.2, -0.15) is 0 Å². The zero-order valence-electron chi connectivity index (χ0n) is 21.1. The average Bonchev–Trinajstić information content (AvgIpc) is 2.77. The summed E-state index contributed by atoms with van der Waals surface area (Å²) >= 11 is 5.94. The van der Waals surface area contributed by atoms with Crippen LogP contribution in [0.25, 0.3) is 0 Å². The summed E-state index contributed by atoms with van der Waals surface area (Å²) in [6.07, 6.45) is 2.02. The molecule has 35 heavy (non-hydrogen) atoms. The zero-order chi connectivity index (χ0) is 26.2. The van der Waals surface area contributed by atoms with Gasteiger partial charge in [-0.05, 0) is 63.4 Å². The van der Waals surface area contributed by atoms with Gasteiger partial charge in [0.1, 0.15) is 6.04 Å². The Morgan fingerprint density at radius 3 is 2.14 bits per heavy atom. The monoisotopic (exact) mass is 521 g/mol. The molecule has 0 aliphatic heterocycles. The molecule has 0 saturated heterocycles. The molecule has 2 rings (SSSR count). The highest BCUT2D eigenvalue weighted by Crippen LogP contribution is 2.22. The van der Waals surface area contributed by atoms with E-state index < -0.39 is 16.1 Å². The molecule has 0 aliphatic rings. The van der Waals surface area contributed by atoms with E-state index in [1.54, 1.807) is 29.2 Å². The van der Waals surface area contributed by atoms with Crippen molar-refractivity contribution in [3.8, 4) is 0 Å². The lowest BCUT2D eigenvalue weighted by Gasteiger charge is -2.31. The highest BCUT2D eigenvalue weighted by molar-refractivity contribution is 7.92. The Morgan fingerprint density at radius 2 is 1.63 bits per heavy atom. The van der Waals surface area contributed by atoms with Gasteiger partial charge in [0.05, 0.1) is 11.9 Å². The molecule has 0 bridgehead atoms. The summed E-state index contributed by atoms with van der Waals surface area (Å²) in [6.45, 7) is 8.08. The van der Waals surface area contributed by atoms with Crippen LogP contribution in [0.15, 0.2) is 48.5 Å². The number of nitrogens with one attached hydrogen (secondary N) is 1. The number of hydrogen-bond donors (Lipinski definition) is 1. The van der Waals surface area contributed by atoms with Crippen LogP contribution in [0.4, 0.5) is 5.69 Å². The van der Waals surface area contributed by atoms with Gasteiger partial charge >= 0.3 is 0 Å². The van der Waals surface area contributed by atoms with Crippen LogP contribution in [-0.2, 0) is 26.2 Å². The van der Waals surface area contributed by atoms with Gasteiger partial charge in [0, 0.05) is 30.6 Å². The molecule has 2 aromatic rings. The second-order valence-electron chi connectivity index (χ2n) is 9.01. The molecule has 0 fully saturated rings. The minimum absolute atomic E-state index is 0.0458. The predicted molar refractivity (Wildman–Crippen MR) is 142 cm³/mol. The SMILES string of the molecule is CC[C@H](C(=O)NC(C)C)N(Cc1ccc(C)cc1)C(=O)CCCN(c1ccc(Cl)cc1)S(C)(=O)=O. The molecule has 1 N–H and O–H groups in total. The number of benzene rings is 2. The summed E-state index contributed by atoms with van der Waals surface area (Å²) in [5.74, 6) is -0.386. The van der Waals surface area contributed by atoms with Gasteiger partial charge in [-0.3, -0.25) is 13.9 Å². The highest BCUT2D eigenvalue weighted by Gasteiger charge is 2.29. The molecule has 0 aliphatic carbocycles. The molecular weight excluding hydrogens is 486 g/mol. The zero-order valence-corrected chi connectivity index (χ0v) is 22.7. The normalized spacial score (nSPS) is 12.3. The summed E-state index contributed by atoms with van der Waals surface area (Å²) in [5, 5.41) is 3.42. The summed E-state index contributed by atoms with van der Waals surface area (Å²) in [6, 6.07) is 13.7. The fourth-order valence-electron chi connectivity index (χ4n) is 3.80. The second kappa shape index (κ2) is 12.9. The number of nitrogens with zero attached hydrogens (tertiary/aromatic N) is 2. The van der Waals surface area contributed by atoms with E-state index in [1.165, 1.54) is 4.31 Å². The van der Waals surface area contributed by atoms with Crippen LogP contribution >= 0.6 is 11.6 Å². The second-order valence-corrected chi connectivity index (χ2v) is 11.4. The number of carbonyl (C=O) groups is 2. The Balaban J connectivity index is 2.20. The van der Waals surface area contributed by atoms with E-state index in [0.29, 0.717) is 30.1 Å². The molecule has 0 heterocycles. The van der Waals surface area contributed by atoms with Crippen LogP contribution in [0.2, 0.25) is 5.02 Å². The maximum Gasteiger partial charge on any atom is 0.243 e. The number of rotatable bonds is 12. The quantitative estimate of drug-likeness (QED) is 0.444. The van der Waals surface area contributed by atoms with Crippen LogP contribution in [0.5, 0.6) is 0 Å². The van der Waals surface area contributed by atoms with Crippen molar-refractivity contribution < 1.29 is 18.0 Å². The first kappa shape index (κ1) is 28.7. The van der Waals surface area contributed by atoms with E-state index in [-0.39, 0.29) is 30.8 Å². The van der Waals surface area contributed by atoms with Crippen LogP contribution in [-0.4, -0.2) is 50.0 Å². The van der Waals surface area contributed by atoms with Gasteiger partial charge in [-0.1, -0.05) is 48.4 Å². The number of aryl methyl sites for hydroxylation is 1. The van der Waals surface area contributed by atoms with Crippen LogP contribution in [0, 0.1) is 6.92 Å². The van der Waals surface area contributed by atoms with Crippen LogP contribution < -0.4 is 9.62 Å². The van der Waals surface area contributed by atoms with Gasteiger partial charge in [0.25, 0.3) is 0 Å². The van der Waals surface area contributed by atoms with E-state index in [2.05, 4.69) is 5.32 Å². The maximum absolute atomic E-state index is 13.4. The Hall–Kier alpha value is -2.58. The van der Waals surface area contributed by atoms with Crippen LogP contribution in [0.3, 0.4) is 0 Å². The molecule has 1 atom stereocenters. The van der Waals surface area contributed by atoms with Crippen molar-refractivity contribution in [1.82, 2.24) is 10.2 Å². The topological polar surface area (TPSA) is 86.8 Å². The molecular formula is C26H36ClN3O4S. The minimum Gasteiger partial charge on any atom is -0.352 e. The third-order valence-corrected chi connectivity index (χ3v) is 7.00. The summed E-state index contributed by atoms with van der Waals surface area (Å²) in [7, 11) is -3.55. The van der Waals surface area contributed by atoms with E-state index in [9.17, 15) is 18.0 Å². The molecule has 2 aromatic carbocycles. The summed E-state index contributed by atoms with van der Waals surface area (Å²) in [5.41, 5.74) is 2.53. The molecule has 2 amide bonds. The van der Waals surface area contributed by atoms with E-state index in [4.69, 9.17) is 11.6 Å². The summed E-state index contributed by atoms with van der Waals surface area (Å²) < 4.78 is 26.0. The van der Waals surface area contributed by atoms with Crippen molar-refractivity contribution in [3.63, 3.8) is 0 Å². The first-order valence-corrected chi connectivity index (χ1v) is 14.0. The molecule has 0 saturated carbocycles. The lowest BCUT2D eigenvalue weighted by atomic mass is 10.1. The Bertz CT molecular complexity index is 1090. The lowest BCUT2D eigenvalue weighted by molar-refractivity contribution is -0.141. The number of sulfonamides is 1. The summed E-state index contributed by atoms with van der Waals surface area (Å²) in [4.78, 5) is 27.9. The van der Waals surface area contributed by atoms with Crippen LogP contribution in [0.1, 0.15) is 51.2 Å². The molecule has 0 spiro atoms. The lowest BCUT2D eigenvalue weighted by Crippen LogP contribution is -2.50. The molecule has 0 radical (unpaired) electrons. The van der Waals surface area contributed by atoms with E-state index >= 15 is 0 Å².